The van der Waals surface area contributed by atoms with E-state index < -0.39 is 11.7 Å². The maximum absolute atomic E-state index is 12.3. The summed E-state index contributed by atoms with van der Waals surface area (Å²) in [6.45, 7) is 0.356. The molecule has 7 heteroatoms. The molecule has 1 aromatic heterocycles. The molecule has 0 atom stereocenters. The second-order valence-corrected chi connectivity index (χ2v) is 3.70. The molecule has 2 N–H and O–H groups in total. The molecule has 0 fully saturated rings. The van der Waals surface area contributed by atoms with E-state index in [1.54, 1.807) is 18.2 Å². The van der Waals surface area contributed by atoms with Crippen LogP contribution in [0.25, 0.3) is 11.4 Å². The van der Waals surface area contributed by atoms with Gasteiger partial charge in [0.25, 0.3) is 0 Å². The van der Waals surface area contributed by atoms with Crippen molar-refractivity contribution in [3.8, 4) is 11.4 Å². The van der Waals surface area contributed by atoms with Crippen LogP contribution in [0, 0.1) is 0 Å². The van der Waals surface area contributed by atoms with Gasteiger partial charge in [0.15, 0.2) is 5.82 Å². The lowest BCUT2D eigenvalue weighted by molar-refractivity contribution is -0.138. The largest absolute Gasteiger partial charge is 0.419 e. The third-order valence-electron chi connectivity index (χ3n) is 2.40. The van der Waals surface area contributed by atoms with Crippen LogP contribution in [0.2, 0.25) is 0 Å². The topological polar surface area (TPSA) is 51.8 Å². The number of nitrogens with two attached hydrogens (primary N) is 1. The minimum absolute atomic E-state index is 0. The van der Waals surface area contributed by atoms with E-state index in [0.29, 0.717) is 12.1 Å². The Morgan fingerprint density at radius 1 is 1.11 bits per heavy atom. The lowest BCUT2D eigenvalue weighted by Gasteiger charge is -2.06. The number of benzene rings is 1. The van der Waals surface area contributed by atoms with Crippen molar-refractivity contribution in [2.45, 2.75) is 12.7 Å². The van der Waals surface area contributed by atoms with E-state index in [4.69, 9.17) is 5.73 Å². The zero-order valence-corrected chi connectivity index (χ0v) is 10.5. The Kier molecular flexibility index (Phi) is 4.85. The van der Waals surface area contributed by atoms with E-state index in [1.807, 2.05) is 6.07 Å². The van der Waals surface area contributed by atoms with Crippen molar-refractivity contribution in [1.29, 1.82) is 0 Å². The highest BCUT2D eigenvalue weighted by Gasteiger charge is 2.31. The van der Waals surface area contributed by atoms with Crippen LogP contribution in [-0.2, 0) is 12.7 Å². The summed E-state index contributed by atoms with van der Waals surface area (Å²) >= 11 is 0. The monoisotopic (exact) mass is 289 g/mol. The normalized spacial score (nSPS) is 10.9. The summed E-state index contributed by atoms with van der Waals surface area (Å²) < 4.78 is 37.0. The molecular weight excluding hydrogens is 279 g/mol. The molecule has 0 saturated heterocycles. The maximum Gasteiger partial charge on any atom is 0.419 e. The van der Waals surface area contributed by atoms with E-state index in [1.165, 1.54) is 0 Å². The molecule has 0 saturated carbocycles. The smallest absolute Gasteiger partial charge is 0.326 e. The Hall–Kier alpha value is -1.66. The lowest BCUT2D eigenvalue weighted by Crippen LogP contribution is -2.06. The molecule has 0 aliphatic rings. The first-order valence-corrected chi connectivity index (χ1v) is 5.19. The fourth-order valence-corrected chi connectivity index (χ4v) is 1.46. The summed E-state index contributed by atoms with van der Waals surface area (Å²) in [4.78, 5) is 7.44. The maximum atomic E-state index is 12.3. The van der Waals surface area contributed by atoms with Crippen molar-refractivity contribution in [3.63, 3.8) is 0 Å². The van der Waals surface area contributed by atoms with Crippen molar-refractivity contribution >= 4 is 12.4 Å². The Bertz CT molecular complexity index is 541. The van der Waals surface area contributed by atoms with Gasteiger partial charge in [-0.1, -0.05) is 18.2 Å². The van der Waals surface area contributed by atoms with Crippen molar-refractivity contribution < 1.29 is 13.2 Å². The minimum atomic E-state index is -4.42. The van der Waals surface area contributed by atoms with E-state index in [9.17, 15) is 13.2 Å². The van der Waals surface area contributed by atoms with E-state index in [2.05, 4.69) is 9.97 Å². The Labute approximate surface area is 114 Å². The lowest BCUT2D eigenvalue weighted by atomic mass is 10.1. The second-order valence-electron chi connectivity index (χ2n) is 3.70. The van der Waals surface area contributed by atoms with Crippen LogP contribution in [0.3, 0.4) is 0 Å². The highest BCUT2D eigenvalue weighted by molar-refractivity contribution is 5.85. The molecule has 2 aromatic rings. The van der Waals surface area contributed by atoms with Gasteiger partial charge < -0.3 is 5.73 Å². The number of hydrogen-bond donors (Lipinski definition) is 1. The summed E-state index contributed by atoms with van der Waals surface area (Å²) in [6, 6.07) is 7.07. The first kappa shape index (κ1) is 15.4. The zero-order valence-electron chi connectivity index (χ0n) is 9.69. The Morgan fingerprint density at radius 2 is 1.74 bits per heavy atom. The predicted molar refractivity (Wildman–Crippen MR) is 67.6 cm³/mol. The van der Waals surface area contributed by atoms with Gasteiger partial charge in [0, 0.05) is 24.5 Å². The van der Waals surface area contributed by atoms with Crippen molar-refractivity contribution in [1.82, 2.24) is 9.97 Å². The average Bonchev–Trinajstić information content (AvgIpc) is 2.38. The van der Waals surface area contributed by atoms with E-state index >= 15 is 0 Å². The number of nitrogens with zero attached hydrogens (tertiary/aromatic N) is 2. The molecule has 0 radical (unpaired) electrons. The van der Waals surface area contributed by atoms with Gasteiger partial charge in [-0.05, 0) is 11.6 Å². The highest BCUT2D eigenvalue weighted by atomic mass is 35.5. The van der Waals surface area contributed by atoms with Crippen molar-refractivity contribution in [2.24, 2.45) is 5.73 Å². The predicted octanol–water partition coefficient (Wildman–Crippen LogP) is 3.04. The highest BCUT2D eigenvalue weighted by Crippen LogP contribution is 2.28. The first-order chi connectivity index (χ1) is 8.50. The summed E-state index contributed by atoms with van der Waals surface area (Å²) in [5.74, 6) is 0.248. The van der Waals surface area contributed by atoms with Crippen molar-refractivity contribution in [2.75, 3.05) is 0 Å². The van der Waals surface area contributed by atoms with Gasteiger partial charge in [0.05, 0.1) is 5.56 Å². The fraction of sp³-hybridized carbons (Fsp3) is 0.167. The first-order valence-electron chi connectivity index (χ1n) is 5.19. The van der Waals surface area contributed by atoms with Crippen molar-refractivity contribution in [3.05, 3.63) is 47.8 Å². The van der Waals surface area contributed by atoms with Gasteiger partial charge >= 0.3 is 6.18 Å². The molecule has 19 heavy (non-hydrogen) atoms. The van der Waals surface area contributed by atoms with Gasteiger partial charge in [0.2, 0.25) is 0 Å². The average molecular weight is 290 g/mol. The van der Waals surface area contributed by atoms with Gasteiger partial charge in [-0.25, -0.2) is 9.97 Å². The third-order valence-corrected chi connectivity index (χ3v) is 2.40. The van der Waals surface area contributed by atoms with Gasteiger partial charge in [-0.3, -0.25) is 0 Å². The van der Waals surface area contributed by atoms with Crippen LogP contribution >= 0.6 is 12.4 Å². The van der Waals surface area contributed by atoms with Gasteiger partial charge in [0.1, 0.15) is 0 Å². The molecule has 0 aliphatic heterocycles. The van der Waals surface area contributed by atoms with Crippen LogP contribution in [0.1, 0.15) is 11.1 Å². The number of hydrogen-bond acceptors (Lipinski definition) is 3. The molecule has 0 bridgehead atoms. The third kappa shape index (κ3) is 3.65. The molecule has 0 aliphatic carbocycles. The van der Waals surface area contributed by atoms with Crippen LogP contribution in [0.5, 0.6) is 0 Å². The zero-order chi connectivity index (χ0) is 13.2. The molecular formula is C12H11ClF3N3. The molecule has 3 nitrogen and oxygen atoms in total. The quantitative estimate of drug-likeness (QED) is 0.924. The summed E-state index contributed by atoms with van der Waals surface area (Å²) in [5.41, 5.74) is 6.14. The fourth-order valence-electron chi connectivity index (χ4n) is 1.46. The van der Waals surface area contributed by atoms with Crippen LogP contribution < -0.4 is 5.73 Å². The summed E-state index contributed by atoms with van der Waals surface area (Å²) in [6.07, 6.45) is -2.87. The molecule has 1 aromatic carbocycles. The number of alkyl halides is 3. The van der Waals surface area contributed by atoms with Crippen LogP contribution in [-0.4, -0.2) is 9.97 Å². The Balaban J connectivity index is 0.00000180. The standard InChI is InChI=1S/C12H10F3N3.ClH/c13-12(14,15)10-6-17-11(18-7-10)9-3-1-2-8(4-9)5-16;/h1-4,6-7H,5,16H2;1H. The number of halogens is 4. The molecule has 0 spiro atoms. The molecule has 2 rings (SSSR count). The summed E-state index contributed by atoms with van der Waals surface area (Å²) in [5, 5.41) is 0. The number of rotatable bonds is 2. The van der Waals surface area contributed by atoms with E-state index in [0.717, 1.165) is 18.0 Å². The SMILES string of the molecule is Cl.NCc1cccc(-c2ncc(C(F)(F)F)cn2)c1. The molecule has 1 heterocycles. The molecule has 0 unspecified atom stereocenters. The second kappa shape index (κ2) is 5.99. The Morgan fingerprint density at radius 3 is 2.26 bits per heavy atom. The minimum Gasteiger partial charge on any atom is -0.326 e. The molecule has 0 amide bonds. The van der Waals surface area contributed by atoms with E-state index in [-0.39, 0.29) is 18.2 Å². The van der Waals surface area contributed by atoms with Crippen LogP contribution in [0.15, 0.2) is 36.7 Å². The molecule has 102 valence electrons. The number of aromatic nitrogens is 2. The van der Waals surface area contributed by atoms with Crippen LogP contribution in [0.4, 0.5) is 13.2 Å². The van der Waals surface area contributed by atoms with Gasteiger partial charge in [-0.15, -0.1) is 12.4 Å². The van der Waals surface area contributed by atoms with Gasteiger partial charge in [-0.2, -0.15) is 13.2 Å². The summed E-state index contributed by atoms with van der Waals surface area (Å²) in [7, 11) is 0.